The summed E-state index contributed by atoms with van der Waals surface area (Å²) in [6, 6.07) is 3.10. The maximum atomic E-state index is 12.0. The lowest BCUT2D eigenvalue weighted by atomic mass is 10.2. The smallest absolute Gasteiger partial charge is 0.334 e. The Bertz CT molecular complexity index is 523. The molecule has 0 fully saturated rings. The molecule has 0 aliphatic rings. The van der Waals surface area contributed by atoms with Crippen LogP contribution in [0, 0.1) is 3.57 Å². The molecule has 0 saturated heterocycles. The van der Waals surface area contributed by atoms with Gasteiger partial charge >= 0.3 is 5.97 Å². The van der Waals surface area contributed by atoms with Crippen LogP contribution in [0.25, 0.3) is 0 Å². The van der Waals surface area contributed by atoms with Gasteiger partial charge in [-0.25, -0.2) is 4.79 Å². The fourth-order valence-electron chi connectivity index (χ4n) is 1.43. The van der Waals surface area contributed by atoms with Crippen molar-refractivity contribution in [3.63, 3.8) is 0 Å². The van der Waals surface area contributed by atoms with Crippen LogP contribution in [-0.2, 0) is 9.53 Å². The van der Waals surface area contributed by atoms with Gasteiger partial charge in [0, 0.05) is 10.7 Å². The van der Waals surface area contributed by atoms with Gasteiger partial charge in [-0.3, -0.25) is 4.79 Å². The molecule has 6 nitrogen and oxygen atoms in total. The molecule has 0 aliphatic carbocycles. The van der Waals surface area contributed by atoms with Crippen molar-refractivity contribution in [3.8, 4) is 5.75 Å². The molecule has 0 spiro atoms. The Hall–Kier alpha value is -1.06. The van der Waals surface area contributed by atoms with Crippen LogP contribution in [0.3, 0.4) is 0 Å². The zero-order valence-electron chi connectivity index (χ0n) is 10.8. The summed E-state index contributed by atoms with van der Waals surface area (Å²) in [6.07, 6.45) is -1.11. The highest BCUT2D eigenvalue weighted by atomic mass is 127. The Kier molecular flexibility index (Phi) is 6.50. The standard InChI is InChI=1S/C12H13ClINO5/c1-19-9-4-8(14)7(13)3-6(9)11(16)15-5-10(20-2)12(17)18/h3-4,10H,5H2,1-2H3,(H,15,16)(H,17,18). The summed E-state index contributed by atoms with van der Waals surface area (Å²) < 4.78 is 10.6. The molecule has 1 rings (SSSR count). The Morgan fingerprint density at radius 1 is 1.45 bits per heavy atom. The molecule has 1 aromatic carbocycles. The first-order valence-corrected chi connectivity index (χ1v) is 6.93. The molecule has 0 saturated carbocycles. The highest BCUT2D eigenvalue weighted by Gasteiger charge is 2.20. The van der Waals surface area contributed by atoms with Gasteiger partial charge < -0.3 is 19.9 Å². The van der Waals surface area contributed by atoms with Gasteiger partial charge in [-0.1, -0.05) is 11.6 Å². The van der Waals surface area contributed by atoms with E-state index in [9.17, 15) is 9.59 Å². The molecular weight excluding hydrogens is 400 g/mol. The molecule has 0 bridgehead atoms. The number of amides is 1. The summed E-state index contributed by atoms with van der Waals surface area (Å²) in [5, 5.41) is 11.7. The Balaban J connectivity index is 2.87. The van der Waals surface area contributed by atoms with Crippen molar-refractivity contribution in [2.45, 2.75) is 6.10 Å². The van der Waals surface area contributed by atoms with Gasteiger partial charge in [0.1, 0.15) is 5.75 Å². The molecule has 20 heavy (non-hydrogen) atoms. The largest absolute Gasteiger partial charge is 0.496 e. The highest BCUT2D eigenvalue weighted by molar-refractivity contribution is 14.1. The average molecular weight is 414 g/mol. The van der Waals surface area contributed by atoms with E-state index in [4.69, 9.17) is 26.2 Å². The van der Waals surface area contributed by atoms with Crippen LogP contribution in [-0.4, -0.2) is 43.9 Å². The SMILES string of the molecule is COc1cc(I)c(Cl)cc1C(=O)NCC(OC)C(=O)O. The van der Waals surface area contributed by atoms with Gasteiger partial charge in [-0.05, 0) is 34.7 Å². The van der Waals surface area contributed by atoms with Crippen LogP contribution in [0.4, 0.5) is 0 Å². The van der Waals surface area contributed by atoms with E-state index in [1.165, 1.54) is 20.3 Å². The van der Waals surface area contributed by atoms with E-state index in [2.05, 4.69) is 5.32 Å². The van der Waals surface area contributed by atoms with Crippen molar-refractivity contribution < 1.29 is 24.2 Å². The predicted molar refractivity (Wildman–Crippen MR) is 81.5 cm³/mol. The van der Waals surface area contributed by atoms with Crippen molar-refractivity contribution in [2.24, 2.45) is 0 Å². The van der Waals surface area contributed by atoms with E-state index >= 15 is 0 Å². The zero-order chi connectivity index (χ0) is 15.3. The molecule has 8 heteroatoms. The number of nitrogens with one attached hydrogen (secondary N) is 1. The monoisotopic (exact) mass is 413 g/mol. The van der Waals surface area contributed by atoms with Crippen LogP contribution in [0.2, 0.25) is 5.02 Å². The number of carboxylic acids is 1. The molecule has 0 aromatic heterocycles. The summed E-state index contributed by atoms with van der Waals surface area (Å²) in [5.41, 5.74) is 0.234. The number of halogens is 2. The number of carboxylic acid groups (broad SMARTS) is 1. The molecule has 0 radical (unpaired) electrons. The van der Waals surface area contributed by atoms with Crippen LogP contribution < -0.4 is 10.1 Å². The second kappa shape index (κ2) is 7.65. The van der Waals surface area contributed by atoms with Gasteiger partial charge in [-0.15, -0.1) is 0 Å². The highest BCUT2D eigenvalue weighted by Crippen LogP contribution is 2.28. The van der Waals surface area contributed by atoms with Crippen LogP contribution in [0.1, 0.15) is 10.4 Å². The Morgan fingerprint density at radius 3 is 2.60 bits per heavy atom. The fraction of sp³-hybridized carbons (Fsp3) is 0.333. The molecule has 1 unspecified atom stereocenters. The van der Waals surface area contributed by atoms with Gasteiger partial charge in [0.25, 0.3) is 5.91 Å². The summed E-state index contributed by atoms with van der Waals surface area (Å²) in [7, 11) is 2.69. The molecule has 110 valence electrons. The van der Waals surface area contributed by atoms with E-state index in [1.54, 1.807) is 6.07 Å². The van der Waals surface area contributed by atoms with Gasteiger partial charge in [-0.2, -0.15) is 0 Å². The average Bonchev–Trinajstić information content (AvgIpc) is 2.41. The number of benzene rings is 1. The lowest BCUT2D eigenvalue weighted by molar-refractivity contribution is -0.148. The molecule has 1 aromatic rings. The Labute approximate surface area is 134 Å². The van der Waals surface area contributed by atoms with Crippen molar-refractivity contribution in [3.05, 3.63) is 26.3 Å². The number of ether oxygens (including phenoxy) is 2. The number of carbonyl (C=O) groups excluding carboxylic acids is 1. The number of carbonyl (C=O) groups is 2. The van der Waals surface area contributed by atoms with Crippen molar-refractivity contribution in [2.75, 3.05) is 20.8 Å². The first-order valence-electron chi connectivity index (χ1n) is 5.47. The predicted octanol–water partition coefficient (Wildman–Crippen LogP) is 1.78. The zero-order valence-corrected chi connectivity index (χ0v) is 13.7. The van der Waals surface area contributed by atoms with Crippen molar-refractivity contribution in [1.29, 1.82) is 0 Å². The van der Waals surface area contributed by atoms with Gasteiger partial charge in [0.05, 0.1) is 24.2 Å². The second-order valence-corrected chi connectivity index (χ2v) is 5.31. The lowest BCUT2D eigenvalue weighted by Crippen LogP contribution is -2.37. The number of rotatable bonds is 6. The van der Waals surface area contributed by atoms with Crippen molar-refractivity contribution >= 4 is 46.1 Å². The topological polar surface area (TPSA) is 84.9 Å². The summed E-state index contributed by atoms with van der Waals surface area (Å²) in [6.45, 7) is -0.155. The molecular formula is C12H13ClINO5. The van der Waals surface area contributed by atoms with E-state index in [0.29, 0.717) is 10.8 Å². The molecule has 1 atom stereocenters. The third-order valence-corrected chi connectivity index (χ3v) is 4.02. The Morgan fingerprint density at radius 2 is 2.10 bits per heavy atom. The second-order valence-electron chi connectivity index (χ2n) is 3.74. The number of methoxy groups -OCH3 is 2. The van der Waals surface area contributed by atoms with Crippen LogP contribution >= 0.6 is 34.2 Å². The molecule has 1 amide bonds. The third-order valence-electron chi connectivity index (χ3n) is 2.50. The maximum absolute atomic E-state index is 12.0. The summed E-state index contributed by atoms with van der Waals surface area (Å²) in [5.74, 6) is -1.27. The third kappa shape index (κ3) is 4.22. The molecule has 2 N–H and O–H groups in total. The maximum Gasteiger partial charge on any atom is 0.334 e. The lowest BCUT2D eigenvalue weighted by Gasteiger charge is -2.13. The van der Waals surface area contributed by atoms with E-state index in [1.807, 2.05) is 22.6 Å². The molecule has 0 aliphatic heterocycles. The van der Waals surface area contributed by atoms with Crippen molar-refractivity contribution in [1.82, 2.24) is 5.32 Å². The quantitative estimate of drug-likeness (QED) is 0.695. The van der Waals surface area contributed by atoms with E-state index < -0.39 is 18.0 Å². The minimum Gasteiger partial charge on any atom is -0.496 e. The first kappa shape index (κ1) is 17.0. The fourth-order valence-corrected chi connectivity index (χ4v) is 2.03. The summed E-state index contributed by atoms with van der Waals surface area (Å²) in [4.78, 5) is 22.8. The minimum atomic E-state index is -1.15. The normalized spacial score (nSPS) is 11.8. The molecule has 0 heterocycles. The number of hydrogen-bond acceptors (Lipinski definition) is 4. The minimum absolute atomic E-state index is 0.155. The van der Waals surface area contributed by atoms with E-state index in [0.717, 1.165) is 3.57 Å². The van der Waals surface area contributed by atoms with E-state index in [-0.39, 0.29) is 12.1 Å². The van der Waals surface area contributed by atoms with Crippen LogP contribution in [0.15, 0.2) is 12.1 Å². The van der Waals surface area contributed by atoms with Gasteiger partial charge in [0.2, 0.25) is 0 Å². The number of aliphatic carboxylic acids is 1. The number of hydrogen-bond donors (Lipinski definition) is 2. The summed E-state index contributed by atoms with van der Waals surface area (Å²) >= 11 is 7.98. The first-order chi connectivity index (χ1) is 9.40. The van der Waals surface area contributed by atoms with Crippen LogP contribution in [0.5, 0.6) is 5.75 Å². The van der Waals surface area contributed by atoms with Gasteiger partial charge in [0.15, 0.2) is 6.10 Å².